The standard InChI is InChI=1S/C10H14N2OS/c1-12(2)7-4-5-8(10(11)14)9(6-7)13-3/h4-6H,1-3H3,(H2,11,14). The molecule has 0 fully saturated rings. The molecule has 1 rings (SSSR count). The zero-order valence-corrected chi connectivity index (χ0v) is 9.39. The van der Waals surface area contributed by atoms with Crippen LogP contribution in [0.15, 0.2) is 18.2 Å². The second-order valence-electron chi connectivity index (χ2n) is 3.14. The third-order valence-corrected chi connectivity index (χ3v) is 2.19. The number of thiocarbonyl (C=S) groups is 1. The lowest BCUT2D eigenvalue weighted by Crippen LogP contribution is -2.13. The molecule has 0 aliphatic carbocycles. The van der Waals surface area contributed by atoms with Crippen LogP contribution in [0.1, 0.15) is 5.56 Å². The number of benzene rings is 1. The monoisotopic (exact) mass is 210 g/mol. The van der Waals surface area contributed by atoms with Crippen LogP contribution in [0.5, 0.6) is 5.75 Å². The maximum Gasteiger partial charge on any atom is 0.131 e. The zero-order valence-electron chi connectivity index (χ0n) is 8.57. The number of rotatable bonds is 3. The van der Waals surface area contributed by atoms with Crippen LogP contribution in [-0.2, 0) is 0 Å². The van der Waals surface area contributed by atoms with Crippen LogP contribution in [0.2, 0.25) is 0 Å². The van der Waals surface area contributed by atoms with E-state index in [4.69, 9.17) is 22.7 Å². The molecule has 2 N–H and O–H groups in total. The Morgan fingerprint density at radius 3 is 2.50 bits per heavy atom. The van der Waals surface area contributed by atoms with Gasteiger partial charge in [-0.2, -0.15) is 0 Å². The summed E-state index contributed by atoms with van der Waals surface area (Å²) in [5.41, 5.74) is 7.38. The lowest BCUT2D eigenvalue weighted by atomic mass is 10.1. The van der Waals surface area contributed by atoms with Gasteiger partial charge in [0.25, 0.3) is 0 Å². The van der Waals surface area contributed by atoms with E-state index in [9.17, 15) is 0 Å². The topological polar surface area (TPSA) is 38.5 Å². The minimum absolute atomic E-state index is 0.354. The summed E-state index contributed by atoms with van der Waals surface area (Å²) in [5.74, 6) is 0.712. The summed E-state index contributed by atoms with van der Waals surface area (Å²) in [6.45, 7) is 0. The Morgan fingerprint density at radius 2 is 2.07 bits per heavy atom. The Hall–Kier alpha value is -1.29. The van der Waals surface area contributed by atoms with Crippen LogP contribution in [0.3, 0.4) is 0 Å². The van der Waals surface area contributed by atoms with Gasteiger partial charge in [0.05, 0.1) is 12.7 Å². The highest BCUT2D eigenvalue weighted by atomic mass is 32.1. The molecule has 0 saturated heterocycles. The first-order valence-corrected chi connectivity index (χ1v) is 4.62. The van der Waals surface area contributed by atoms with E-state index >= 15 is 0 Å². The normalized spacial score (nSPS) is 9.64. The SMILES string of the molecule is COc1cc(N(C)C)ccc1C(N)=S. The fraction of sp³-hybridized carbons (Fsp3) is 0.300. The maximum absolute atomic E-state index is 5.55. The smallest absolute Gasteiger partial charge is 0.131 e. The van der Waals surface area contributed by atoms with Crippen LogP contribution < -0.4 is 15.4 Å². The van der Waals surface area contributed by atoms with Crippen molar-refractivity contribution in [3.63, 3.8) is 0 Å². The summed E-state index contributed by atoms with van der Waals surface area (Å²) < 4.78 is 5.20. The molecule has 0 amide bonds. The first-order chi connectivity index (χ1) is 6.56. The van der Waals surface area contributed by atoms with Gasteiger partial charge in [0, 0.05) is 25.8 Å². The van der Waals surface area contributed by atoms with Crippen molar-refractivity contribution in [3.8, 4) is 5.75 Å². The second kappa shape index (κ2) is 4.28. The highest BCUT2D eigenvalue weighted by Gasteiger charge is 2.07. The molecule has 0 saturated carbocycles. The van der Waals surface area contributed by atoms with Crippen molar-refractivity contribution in [2.75, 3.05) is 26.1 Å². The van der Waals surface area contributed by atoms with E-state index in [2.05, 4.69) is 0 Å². The van der Waals surface area contributed by atoms with E-state index in [0.717, 1.165) is 11.3 Å². The molecule has 14 heavy (non-hydrogen) atoms. The molecular formula is C10H14N2OS. The number of hydrogen-bond acceptors (Lipinski definition) is 3. The van der Waals surface area contributed by atoms with Gasteiger partial charge in [-0.25, -0.2) is 0 Å². The van der Waals surface area contributed by atoms with Gasteiger partial charge in [-0.15, -0.1) is 0 Å². The minimum Gasteiger partial charge on any atom is -0.496 e. The average molecular weight is 210 g/mol. The van der Waals surface area contributed by atoms with E-state index in [1.54, 1.807) is 7.11 Å². The molecule has 0 aliphatic rings. The Kier molecular flexibility index (Phi) is 3.30. The lowest BCUT2D eigenvalue weighted by Gasteiger charge is -2.15. The summed E-state index contributed by atoms with van der Waals surface area (Å²) in [6.07, 6.45) is 0. The molecule has 1 aromatic rings. The molecule has 0 radical (unpaired) electrons. The fourth-order valence-corrected chi connectivity index (χ4v) is 1.33. The average Bonchev–Trinajstić information content (AvgIpc) is 2.16. The van der Waals surface area contributed by atoms with Crippen LogP contribution in [0.4, 0.5) is 5.69 Å². The molecule has 0 heterocycles. The van der Waals surface area contributed by atoms with Crippen molar-refractivity contribution in [2.24, 2.45) is 5.73 Å². The van der Waals surface area contributed by atoms with Crippen molar-refractivity contribution in [3.05, 3.63) is 23.8 Å². The number of methoxy groups -OCH3 is 1. The van der Waals surface area contributed by atoms with Crippen LogP contribution in [0.25, 0.3) is 0 Å². The second-order valence-corrected chi connectivity index (χ2v) is 3.58. The van der Waals surface area contributed by atoms with Crippen LogP contribution >= 0.6 is 12.2 Å². The molecule has 0 atom stereocenters. The number of nitrogens with two attached hydrogens (primary N) is 1. The van der Waals surface area contributed by atoms with Gasteiger partial charge in [-0.05, 0) is 12.1 Å². The van der Waals surface area contributed by atoms with Gasteiger partial charge in [0.15, 0.2) is 0 Å². The summed E-state index contributed by atoms with van der Waals surface area (Å²) in [5, 5.41) is 0. The zero-order chi connectivity index (χ0) is 10.7. The van der Waals surface area contributed by atoms with E-state index < -0.39 is 0 Å². The summed E-state index contributed by atoms with van der Waals surface area (Å²) in [7, 11) is 5.54. The summed E-state index contributed by atoms with van der Waals surface area (Å²) in [4.78, 5) is 2.35. The van der Waals surface area contributed by atoms with Crippen molar-refractivity contribution in [1.82, 2.24) is 0 Å². The Bertz CT molecular complexity index is 350. The van der Waals surface area contributed by atoms with Crippen molar-refractivity contribution >= 4 is 22.9 Å². The highest BCUT2D eigenvalue weighted by Crippen LogP contribution is 2.24. The van der Waals surface area contributed by atoms with E-state index in [1.807, 2.05) is 37.2 Å². The Morgan fingerprint density at radius 1 is 1.43 bits per heavy atom. The van der Waals surface area contributed by atoms with Crippen molar-refractivity contribution < 1.29 is 4.74 Å². The predicted octanol–water partition coefficient (Wildman–Crippen LogP) is 1.40. The predicted molar refractivity (Wildman–Crippen MR) is 63.2 cm³/mol. The van der Waals surface area contributed by atoms with Crippen molar-refractivity contribution in [2.45, 2.75) is 0 Å². The number of nitrogens with zero attached hydrogens (tertiary/aromatic N) is 1. The quantitative estimate of drug-likeness (QED) is 0.765. The third kappa shape index (κ3) is 2.14. The number of anilines is 1. The maximum atomic E-state index is 5.55. The molecular weight excluding hydrogens is 196 g/mol. The first kappa shape index (κ1) is 10.8. The molecule has 0 unspecified atom stereocenters. The lowest BCUT2D eigenvalue weighted by molar-refractivity contribution is 0.414. The highest BCUT2D eigenvalue weighted by molar-refractivity contribution is 7.80. The van der Waals surface area contributed by atoms with Gasteiger partial charge < -0.3 is 15.4 Å². The minimum atomic E-state index is 0.354. The van der Waals surface area contributed by atoms with Crippen LogP contribution in [-0.4, -0.2) is 26.2 Å². The molecule has 4 heteroatoms. The van der Waals surface area contributed by atoms with Gasteiger partial charge >= 0.3 is 0 Å². The molecule has 0 bridgehead atoms. The van der Waals surface area contributed by atoms with E-state index in [0.29, 0.717) is 10.7 Å². The molecule has 0 aromatic heterocycles. The largest absolute Gasteiger partial charge is 0.496 e. The van der Waals surface area contributed by atoms with Crippen LogP contribution in [0, 0.1) is 0 Å². The summed E-state index contributed by atoms with van der Waals surface area (Å²) >= 11 is 4.91. The number of hydrogen-bond donors (Lipinski definition) is 1. The third-order valence-electron chi connectivity index (χ3n) is 1.97. The Balaban J connectivity index is 3.18. The molecule has 0 spiro atoms. The fourth-order valence-electron chi connectivity index (χ4n) is 1.16. The van der Waals surface area contributed by atoms with Gasteiger partial charge in [0.2, 0.25) is 0 Å². The molecule has 1 aromatic carbocycles. The first-order valence-electron chi connectivity index (χ1n) is 4.21. The summed E-state index contributed by atoms with van der Waals surface area (Å²) in [6, 6.07) is 5.74. The molecule has 76 valence electrons. The van der Waals surface area contributed by atoms with Gasteiger partial charge in [0.1, 0.15) is 10.7 Å². The van der Waals surface area contributed by atoms with Gasteiger partial charge in [-0.1, -0.05) is 12.2 Å². The van der Waals surface area contributed by atoms with E-state index in [1.165, 1.54) is 0 Å². The van der Waals surface area contributed by atoms with E-state index in [-0.39, 0.29) is 0 Å². The van der Waals surface area contributed by atoms with Crippen molar-refractivity contribution in [1.29, 1.82) is 0 Å². The number of ether oxygens (including phenoxy) is 1. The Labute approximate surface area is 89.5 Å². The molecule has 0 aliphatic heterocycles. The van der Waals surface area contributed by atoms with Gasteiger partial charge in [-0.3, -0.25) is 0 Å². The molecule has 3 nitrogen and oxygen atoms in total.